The van der Waals surface area contributed by atoms with Crippen LogP contribution in [-0.2, 0) is 15.6 Å². The molecule has 2 atom stereocenters. The molecular formula is C9H20N2O2S. The Bertz CT molecular complexity index is 195. The Hall–Kier alpha value is -0.420. The second-order valence-corrected chi connectivity index (χ2v) is 4.93. The summed E-state index contributed by atoms with van der Waals surface area (Å²) in [6, 6.07) is -0.112. The van der Waals surface area contributed by atoms with Crippen LogP contribution in [-0.4, -0.2) is 34.2 Å². The van der Waals surface area contributed by atoms with Gasteiger partial charge in [0.25, 0.3) is 0 Å². The Morgan fingerprint density at radius 3 is 2.71 bits per heavy atom. The molecule has 0 spiro atoms. The molecule has 14 heavy (non-hydrogen) atoms. The van der Waals surface area contributed by atoms with Crippen molar-refractivity contribution in [2.24, 2.45) is 5.73 Å². The molecule has 0 saturated carbocycles. The van der Waals surface area contributed by atoms with Crippen LogP contribution in [0.5, 0.6) is 0 Å². The van der Waals surface area contributed by atoms with Crippen molar-refractivity contribution in [1.82, 2.24) is 5.32 Å². The van der Waals surface area contributed by atoms with E-state index in [1.54, 1.807) is 6.92 Å². The van der Waals surface area contributed by atoms with Crippen molar-refractivity contribution < 1.29 is 9.00 Å². The minimum Gasteiger partial charge on any atom is -0.355 e. The number of hydrogen-bond acceptors (Lipinski definition) is 3. The number of carbonyl (C=O) groups is 1. The van der Waals surface area contributed by atoms with Gasteiger partial charge in [0.05, 0.1) is 0 Å². The number of rotatable bonds is 7. The SMILES string of the molecule is CCCCNC(=O)CS(=O)CC(C)N. The number of nitrogens with two attached hydrogens (primary N) is 1. The first kappa shape index (κ1) is 13.6. The molecule has 2 unspecified atom stereocenters. The minimum atomic E-state index is -1.12. The summed E-state index contributed by atoms with van der Waals surface area (Å²) in [7, 11) is -1.12. The van der Waals surface area contributed by atoms with E-state index in [1.165, 1.54) is 0 Å². The van der Waals surface area contributed by atoms with Gasteiger partial charge < -0.3 is 11.1 Å². The van der Waals surface area contributed by atoms with E-state index < -0.39 is 10.8 Å². The molecule has 0 rings (SSSR count). The van der Waals surface area contributed by atoms with Crippen molar-refractivity contribution in [3.05, 3.63) is 0 Å². The van der Waals surface area contributed by atoms with Crippen molar-refractivity contribution in [2.45, 2.75) is 32.7 Å². The predicted molar refractivity (Wildman–Crippen MR) is 59.4 cm³/mol. The summed E-state index contributed by atoms with van der Waals surface area (Å²) >= 11 is 0. The van der Waals surface area contributed by atoms with Gasteiger partial charge in [-0.05, 0) is 13.3 Å². The van der Waals surface area contributed by atoms with Crippen LogP contribution in [0.1, 0.15) is 26.7 Å². The second-order valence-electron chi connectivity index (χ2n) is 3.43. The van der Waals surface area contributed by atoms with Crippen LogP contribution in [0.25, 0.3) is 0 Å². The van der Waals surface area contributed by atoms with Crippen LogP contribution in [0.4, 0.5) is 0 Å². The molecule has 0 radical (unpaired) electrons. The molecule has 0 aromatic rings. The standard InChI is InChI=1S/C9H20N2O2S/c1-3-4-5-11-9(12)7-14(13)6-8(2)10/h8H,3-7,10H2,1-2H3,(H,11,12). The Balaban J connectivity index is 3.56. The quantitative estimate of drug-likeness (QED) is 0.593. The summed E-state index contributed by atoms with van der Waals surface area (Å²) in [5.74, 6) is 0.323. The van der Waals surface area contributed by atoms with E-state index in [-0.39, 0.29) is 17.7 Å². The molecule has 5 heteroatoms. The van der Waals surface area contributed by atoms with Crippen molar-refractivity contribution in [1.29, 1.82) is 0 Å². The highest BCUT2D eigenvalue weighted by Crippen LogP contribution is 1.88. The normalized spacial score (nSPS) is 14.8. The minimum absolute atomic E-state index is 0.0747. The summed E-state index contributed by atoms with van der Waals surface area (Å²) in [5, 5.41) is 2.71. The zero-order valence-electron chi connectivity index (χ0n) is 8.91. The molecular weight excluding hydrogens is 200 g/mol. The third-order valence-electron chi connectivity index (χ3n) is 1.59. The molecule has 0 fully saturated rings. The zero-order valence-corrected chi connectivity index (χ0v) is 9.73. The van der Waals surface area contributed by atoms with Gasteiger partial charge in [-0.1, -0.05) is 13.3 Å². The maximum Gasteiger partial charge on any atom is 0.232 e. The highest BCUT2D eigenvalue weighted by Gasteiger charge is 2.08. The monoisotopic (exact) mass is 220 g/mol. The maximum absolute atomic E-state index is 11.3. The van der Waals surface area contributed by atoms with E-state index >= 15 is 0 Å². The fraction of sp³-hybridized carbons (Fsp3) is 0.889. The number of hydrogen-bond donors (Lipinski definition) is 2. The smallest absolute Gasteiger partial charge is 0.232 e. The fourth-order valence-electron chi connectivity index (χ4n) is 0.954. The average Bonchev–Trinajstić information content (AvgIpc) is 2.02. The van der Waals surface area contributed by atoms with Gasteiger partial charge in [-0.15, -0.1) is 0 Å². The first-order valence-corrected chi connectivity index (χ1v) is 6.42. The highest BCUT2D eigenvalue weighted by atomic mass is 32.2. The molecule has 0 aliphatic rings. The van der Waals surface area contributed by atoms with Crippen molar-refractivity contribution >= 4 is 16.7 Å². The Labute approximate surface area is 88.1 Å². The molecule has 0 aromatic heterocycles. The van der Waals surface area contributed by atoms with E-state index in [2.05, 4.69) is 12.2 Å². The van der Waals surface area contributed by atoms with Gasteiger partial charge in [0, 0.05) is 29.1 Å². The van der Waals surface area contributed by atoms with Gasteiger partial charge in [0.15, 0.2) is 0 Å². The van der Waals surface area contributed by atoms with Crippen LogP contribution in [0.15, 0.2) is 0 Å². The summed E-state index contributed by atoms with van der Waals surface area (Å²) in [6.07, 6.45) is 2.01. The molecule has 0 aliphatic heterocycles. The lowest BCUT2D eigenvalue weighted by molar-refractivity contribution is -0.118. The number of nitrogens with one attached hydrogen (secondary N) is 1. The topological polar surface area (TPSA) is 72.2 Å². The van der Waals surface area contributed by atoms with Crippen molar-refractivity contribution in [3.8, 4) is 0 Å². The van der Waals surface area contributed by atoms with Gasteiger partial charge in [-0.3, -0.25) is 9.00 Å². The Morgan fingerprint density at radius 2 is 2.21 bits per heavy atom. The van der Waals surface area contributed by atoms with E-state index in [4.69, 9.17) is 5.73 Å². The predicted octanol–water partition coefficient (Wildman–Crippen LogP) is -0.00140. The summed E-state index contributed by atoms with van der Waals surface area (Å²) in [6.45, 7) is 4.51. The van der Waals surface area contributed by atoms with Gasteiger partial charge in [0.1, 0.15) is 5.75 Å². The fourth-order valence-corrected chi connectivity index (χ4v) is 2.05. The zero-order chi connectivity index (χ0) is 11.0. The largest absolute Gasteiger partial charge is 0.355 e. The molecule has 4 nitrogen and oxygen atoms in total. The van der Waals surface area contributed by atoms with E-state index in [0.29, 0.717) is 12.3 Å². The highest BCUT2D eigenvalue weighted by molar-refractivity contribution is 7.85. The first-order valence-electron chi connectivity index (χ1n) is 4.93. The van der Waals surface area contributed by atoms with Crippen LogP contribution >= 0.6 is 0 Å². The lowest BCUT2D eigenvalue weighted by Gasteiger charge is -2.06. The van der Waals surface area contributed by atoms with E-state index in [0.717, 1.165) is 12.8 Å². The summed E-state index contributed by atoms with van der Waals surface area (Å²) < 4.78 is 11.3. The Kier molecular flexibility index (Phi) is 7.70. The number of carbonyl (C=O) groups excluding carboxylic acids is 1. The molecule has 3 N–H and O–H groups in total. The molecule has 0 heterocycles. The summed E-state index contributed by atoms with van der Waals surface area (Å²) in [5.41, 5.74) is 5.47. The third-order valence-corrected chi connectivity index (χ3v) is 3.08. The van der Waals surface area contributed by atoms with Gasteiger partial charge in [0.2, 0.25) is 5.91 Å². The molecule has 0 bridgehead atoms. The van der Waals surface area contributed by atoms with E-state index in [1.807, 2.05) is 0 Å². The second kappa shape index (κ2) is 7.94. The van der Waals surface area contributed by atoms with Gasteiger partial charge in [-0.2, -0.15) is 0 Å². The van der Waals surface area contributed by atoms with Gasteiger partial charge in [-0.25, -0.2) is 0 Å². The lowest BCUT2D eigenvalue weighted by Crippen LogP contribution is -2.32. The van der Waals surface area contributed by atoms with Crippen molar-refractivity contribution in [3.63, 3.8) is 0 Å². The summed E-state index contributed by atoms with van der Waals surface area (Å²) in [4.78, 5) is 11.2. The third kappa shape index (κ3) is 8.19. The van der Waals surface area contributed by atoms with Crippen LogP contribution in [0, 0.1) is 0 Å². The number of amides is 1. The first-order chi connectivity index (χ1) is 6.56. The molecule has 0 aliphatic carbocycles. The van der Waals surface area contributed by atoms with Crippen LogP contribution in [0.2, 0.25) is 0 Å². The number of unbranched alkanes of at least 4 members (excludes halogenated alkanes) is 1. The maximum atomic E-state index is 11.3. The Morgan fingerprint density at radius 1 is 1.57 bits per heavy atom. The molecule has 1 amide bonds. The lowest BCUT2D eigenvalue weighted by atomic mass is 10.3. The van der Waals surface area contributed by atoms with Crippen LogP contribution in [0.3, 0.4) is 0 Å². The average molecular weight is 220 g/mol. The molecule has 0 saturated heterocycles. The van der Waals surface area contributed by atoms with Gasteiger partial charge >= 0.3 is 0 Å². The van der Waals surface area contributed by atoms with E-state index in [9.17, 15) is 9.00 Å². The van der Waals surface area contributed by atoms with Crippen molar-refractivity contribution in [2.75, 3.05) is 18.1 Å². The van der Waals surface area contributed by atoms with Crippen LogP contribution < -0.4 is 11.1 Å². The molecule has 0 aromatic carbocycles. The molecule has 84 valence electrons.